The van der Waals surface area contributed by atoms with Crippen molar-refractivity contribution in [3.63, 3.8) is 0 Å². The van der Waals surface area contributed by atoms with Crippen LogP contribution in [0.15, 0.2) is 24.4 Å². The highest BCUT2D eigenvalue weighted by Gasteiger charge is 2.17. The van der Waals surface area contributed by atoms with E-state index in [0.29, 0.717) is 12.1 Å². The van der Waals surface area contributed by atoms with Gasteiger partial charge in [0.1, 0.15) is 5.82 Å². The highest BCUT2D eigenvalue weighted by atomic mass is 16.5. The Morgan fingerprint density at radius 3 is 3.05 bits per heavy atom. The van der Waals surface area contributed by atoms with Gasteiger partial charge < -0.3 is 15.4 Å². The van der Waals surface area contributed by atoms with Gasteiger partial charge in [0.2, 0.25) is 0 Å². The number of fused-ring (bicyclic) bond motifs is 2. The Kier molecular flexibility index (Phi) is 2.63. The Balaban J connectivity index is 2.00. The van der Waals surface area contributed by atoms with Crippen molar-refractivity contribution in [2.24, 2.45) is 7.05 Å². The first-order valence-corrected chi connectivity index (χ1v) is 5.93. The van der Waals surface area contributed by atoms with Gasteiger partial charge in [-0.1, -0.05) is 0 Å². The summed E-state index contributed by atoms with van der Waals surface area (Å²) >= 11 is 0. The van der Waals surface area contributed by atoms with Gasteiger partial charge in [0, 0.05) is 19.2 Å². The Bertz CT molecular complexity index is 648. The van der Waals surface area contributed by atoms with E-state index in [2.05, 4.69) is 15.7 Å². The molecule has 6 heteroatoms. The maximum absolute atomic E-state index is 11.5. The molecule has 1 aromatic heterocycles. The average molecular weight is 258 g/mol. The van der Waals surface area contributed by atoms with E-state index in [4.69, 9.17) is 4.74 Å². The molecule has 0 atom stereocenters. The first-order valence-electron chi connectivity index (χ1n) is 5.93. The predicted molar refractivity (Wildman–Crippen MR) is 71.6 cm³/mol. The van der Waals surface area contributed by atoms with E-state index in [1.54, 1.807) is 16.8 Å². The van der Waals surface area contributed by atoms with Crippen molar-refractivity contribution in [3.8, 4) is 0 Å². The highest BCUT2D eigenvalue weighted by Crippen LogP contribution is 2.32. The number of anilines is 3. The van der Waals surface area contributed by atoms with Gasteiger partial charge in [-0.05, 0) is 18.2 Å². The van der Waals surface area contributed by atoms with Crippen LogP contribution in [0.4, 0.5) is 17.2 Å². The molecule has 0 aliphatic carbocycles. The van der Waals surface area contributed by atoms with Gasteiger partial charge in [0.25, 0.3) is 0 Å². The summed E-state index contributed by atoms with van der Waals surface area (Å²) in [5.74, 6) is 0.616. The van der Waals surface area contributed by atoms with E-state index in [1.807, 2.05) is 19.3 Å². The molecule has 3 rings (SSSR count). The van der Waals surface area contributed by atoms with Crippen LogP contribution in [0.5, 0.6) is 0 Å². The van der Waals surface area contributed by atoms with Crippen molar-refractivity contribution in [2.75, 3.05) is 17.7 Å². The lowest BCUT2D eigenvalue weighted by Crippen LogP contribution is -2.04. The number of esters is 1. The number of aryl methyl sites for hydroxylation is 1. The molecule has 0 spiro atoms. The van der Waals surface area contributed by atoms with Crippen molar-refractivity contribution < 1.29 is 9.53 Å². The SMILES string of the molecule is COC(=O)c1ccc2c(c1)NCc1cnn(C)c1N2. The molecule has 0 radical (unpaired) electrons. The second kappa shape index (κ2) is 4.31. The molecule has 19 heavy (non-hydrogen) atoms. The smallest absolute Gasteiger partial charge is 0.337 e. The fourth-order valence-corrected chi connectivity index (χ4v) is 2.14. The fourth-order valence-electron chi connectivity index (χ4n) is 2.14. The van der Waals surface area contributed by atoms with Crippen LogP contribution in [-0.2, 0) is 18.3 Å². The zero-order valence-electron chi connectivity index (χ0n) is 10.7. The predicted octanol–water partition coefficient (Wildman–Crippen LogP) is 1.88. The quantitative estimate of drug-likeness (QED) is 0.764. The summed E-state index contributed by atoms with van der Waals surface area (Å²) in [5, 5.41) is 10.8. The van der Waals surface area contributed by atoms with Gasteiger partial charge in [-0.2, -0.15) is 5.10 Å². The zero-order valence-corrected chi connectivity index (χ0v) is 10.7. The lowest BCUT2D eigenvalue weighted by molar-refractivity contribution is 0.0601. The molecule has 1 aromatic carbocycles. The standard InChI is InChI=1S/C13H14N4O2/c1-17-12-9(7-15-17)6-14-11-5-8(13(18)19-2)3-4-10(11)16-12/h3-5,7,14,16H,6H2,1-2H3. The lowest BCUT2D eigenvalue weighted by Gasteiger charge is -2.10. The van der Waals surface area contributed by atoms with Crippen molar-refractivity contribution >= 4 is 23.2 Å². The summed E-state index contributed by atoms with van der Waals surface area (Å²) in [6.07, 6.45) is 1.82. The maximum Gasteiger partial charge on any atom is 0.337 e. The number of aromatic nitrogens is 2. The normalized spacial score (nSPS) is 12.5. The van der Waals surface area contributed by atoms with Gasteiger partial charge in [-0.3, -0.25) is 4.68 Å². The molecule has 0 saturated carbocycles. The lowest BCUT2D eigenvalue weighted by atomic mass is 10.1. The molecule has 2 aromatic rings. The van der Waals surface area contributed by atoms with Gasteiger partial charge in [0.05, 0.1) is 30.2 Å². The third-order valence-electron chi connectivity index (χ3n) is 3.18. The number of nitrogens with one attached hydrogen (secondary N) is 2. The first kappa shape index (κ1) is 11.6. The molecule has 2 N–H and O–H groups in total. The van der Waals surface area contributed by atoms with Gasteiger partial charge in [-0.15, -0.1) is 0 Å². The number of nitrogens with zero attached hydrogens (tertiary/aromatic N) is 2. The van der Waals surface area contributed by atoms with Crippen LogP contribution in [-0.4, -0.2) is 22.9 Å². The van der Waals surface area contributed by atoms with Crippen LogP contribution < -0.4 is 10.6 Å². The summed E-state index contributed by atoms with van der Waals surface area (Å²) < 4.78 is 6.52. The largest absolute Gasteiger partial charge is 0.465 e. The monoisotopic (exact) mass is 258 g/mol. The Morgan fingerprint density at radius 2 is 2.26 bits per heavy atom. The van der Waals surface area contributed by atoms with E-state index in [9.17, 15) is 4.79 Å². The van der Waals surface area contributed by atoms with E-state index in [-0.39, 0.29) is 5.97 Å². The number of benzene rings is 1. The topological polar surface area (TPSA) is 68.2 Å². The number of ether oxygens (including phenoxy) is 1. The Morgan fingerprint density at radius 1 is 1.42 bits per heavy atom. The minimum Gasteiger partial charge on any atom is -0.465 e. The third kappa shape index (κ3) is 1.91. The molecule has 98 valence electrons. The Hall–Kier alpha value is -2.50. The summed E-state index contributed by atoms with van der Waals surface area (Å²) in [4.78, 5) is 11.5. The molecule has 6 nitrogen and oxygen atoms in total. The van der Waals surface area contributed by atoms with Crippen molar-refractivity contribution in [1.82, 2.24) is 9.78 Å². The van der Waals surface area contributed by atoms with Crippen LogP contribution in [0.1, 0.15) is 15.9 Å². The summed E-state index contributed by atoms with van der Waals surface area (Å²) in [6, 6.07) is 5.38. The summed E-state index contributed by atoms with van der Waals surface area (Å²) in [5.41, 5.74) is 3.40. The van der Waals surface area contributed by atoms with Gasteiger partial charge >= 0.3 is 5.97 Å². The molecule has 0 fully saturated rings. The van der Waals surface area contributed by atoms with Crippen LogP contribution in [0.2, 0.25) is 0 Å². The molecule has 1 aliphatic rings. The molecule has 0 unspecified atom stereocenters. The maximum atomic E-state index is 11.5. The minimum atomic E-state index is -0.340. The molecule has 2 heterocycles. The average Bonchev–Trinajstić information content (AvgIpc) is 2.68. The summed E-state index contributed by atoms with van der Waals surface area (Å²) in [6.45, 7) is 0.661. The molecule has 0 bridgehead atoms. The highest BCUT2D eigenvalue weighted by molar-refractivity contribution is 5.92. The van der Waals surface area contributed by atoms with Crippen LogP contribution in [0.3, 0.4) is 0 Å². The second-order valence-electron chi connectivity index (χ2n) is 4.37. The van der Waals surface area contributed by atoms with Crippen LogP contribution >= 0.6 is 0 Å². The number of hydrogen-bond donors (Lipinski definition) is 2. The summed E-state index contributed by atoms with van der Waals surface area (Å²) in [7, 11) is 3.26. The molecule has 0 saturated heterocycles. The van der Waals surface area contributed by atoms with Gasteiger partial charge in [0.15, 0.2) is 0 Å². The van der Waals surface area contributed by atoms with E-state index < -0.39 is 0 Å². The van der Waals surface area contributed by atoms with Gasteiger partial charge in [-0.25, -0.2) is 4.79 Å². The number of hydrogen-bond acceptors (Lipinski definition) is 5. The molecular formula is C13H14N4O2. The zero-order chi connectivity index (χ0) is 13.4. The number of rotatable bonds is 1. The van der Waals surface area contributed by atoms with E-state index >= 15 is 0 Å². The fraction of sp³-hybridized carbons (Fsp3) is 0.231. The number of carbonyl (C=O) groups excluding carboxylic acids is 1. The first-order chi connectivity index (χ1) is 9.19. The van der Waals surface area contributed by atoms with E-state index in [0.717, 1.165) is 22.8 Å². The number of methoxy groups -OCH3 is 1. The van der Waals surface area contributed by atoms with Crippen LogP contribution in [0.25, 0.3) is 0 Å². The van der Waals surface area contributed by atoms with Crippen molar-refractivity contribution in [2.45, 2.75) is 6.54 Å². The third-order valence-corrected chi connectivity index (χ3v) is 3.18. The van der Waals surface area contributed by atoms with E-state index in [1.165, 1.54) is 7.11 Å². The Labute approximate surface area is 110 Å². The number of carbonyl (C=O) groups is 1. The molecule has 0 amide bonds. The van der Waals surface area contributed by atoms with Crippen molar-refractivity contribution in [3.05, 3.63) is 35.5 Å². The molecule has 1 aliphatic heterocycles. The van der Waals surface area contributed by atoms with Crippen LogP contribution in [0, 0.1) is 0 Å². The molecular weight excluding hydrogens is 244 g/mol. The second-order valence-corrected chi connectivity index (χ2v) is 4.37. The minimum absolute atomic E-state index is 0.340. The van der Waals surface area contributed by atoms with Crippen molar-refractivity contribution in [1.29, 1.82) is 0 Å².